The number of nitrogens with two attached hydrogens (primary N) is 1. The van der Waals surface area contributed by atoms with Gasteiger partial charge in [0.2, 0.25) is 23.6 Å². The number of methoxy groups -OCH3 is 1. The summed E-state index contributed by atoms with van der Waals surface area (Å²) in [4.78, 5) is 53.4. The number of nitrogens with one attached hydrogen (secondary N) is 2. The molecule has 3 heterocycles. The summed E-state index contributed by atoms with van der Waals surface area (Å²) in [6.07, 6.45) is 0.234. The van der Waals surface area contributed by atoms with Crippen molar-refractivity contribution in [1.29, 1.82) is 0 Å². The number of para-hydroxylation sites is 1. The van der Waals surface area contributed by atoms with Gasteiger partial charge in [-0.15, -0.1) is 0 Å². The molecular weight excluding hydrogens is 460 g/mol. The van der Waals surface area contributed by atoms with Crippen LogP contribution in [0.2, 0.25) is 5.02 Å². The Labute approximate surface area is 200 Å². The third-order valence-electron chi connectivity index (χ3n) is 6.99. The lowest BCUT2D eigenvalue weighted by Gasteiger charge is -2.29. The predicted molar refractivity (Wildman–Crippen MR) is 123 cm³/mol. The molecule has 176 valence electrons. The van der Waals surface area contributed by atoms with Crippen molar-refractivity contribution >= 4 is 40.9 Å². The van der Waals surface area contributed by atoms with E-state index in [1.54, 1.807) is 49.6 Å². The van der Waals surface area contributed by atoms with E-state index in [-0.39, 0.29) is 25.3 Å². The number of anilines is 1. The van der Waals surface area contributed by atoms with Crippen LogP contribution in [0.15, 0.2) is 42.5 Å². The van der Waals surface area contributed by atoms with Gasteiger partial charge in [-0.2, -0.15) is 0 Å². The van der Waals surface area contributed by atoms with Crippen molar-refractivity contribution in [2.45, 2.75) is 31.0 Å². The summed E-state index contributed by atoms with van der Waals surface area (Å²) in [5.74, 6) is -2.93. The summed E-state index contributed by atoms with van der Waals surface area (Å²) >= 11 is 6.33. The van der Waals surface area contributed by atoms with Crippen LogP contribution in [0.1, 0.15) is 24.0 Å². The number of nitrogens with zero attached hydrogens (tertiary/aromatic N) is 1. The van der Waals surface area contributed by atoms with Gasteiger partial charge in [0.05, 0.1) is 36.2 Å². The minimum atomic E-state index is -1.46. The number of likely N-dealkylation sites (tertiary alicyclic amines) is 1. The molecule has 10 heteroatoms. The molecule has 3 aliphatic rings. The number of fused-ring (bicyclic) bond motifs is 4. The largest absolute Gasteiger partial charge is 0.497 e. The Morgan fingerprint density at radius 1 is 1.15 bits per heavy atom. The molecule has 4 atom stereocenters. The number of amides is 4. The minimum absolute atomic E-state index is 0.0148. The number of halogens is 1. The van der Waals surface area contributed by atoms with Crippen molar-refractivity contribution in [3.8, 4) is 5.75 Å². The molecule has 34 heavy (non-hydrogen) atoms. The van der Waals surface area contributed by atoms with Gasteiger partial charge in [0.25, 0.3) is 0 Å². The van der Waals surface area contributed by atoms with E-state index in [0.717, 1.165) is 5.56 Å². The molecule has 2 aromatic carbocycles. The first-order valence-corrected chi connectivity index (χ1v) is 11.3. The summed E-state index contributed by atoms with van der Waals surface area (Å²) in [7, 11) is 1.55. The normalized spacial score (nSPS) is 27.2. The van der Waals surface area contributed by atoms with Crippen LogP contribution in [-0.4, -0.2) is 41.7 Å². The second kappa shape index (κ2) is 8.11. The Morgan fingerprint density at radius 3 is 2.56 bits per heavy atom. The number of primary amides is 1. The Bertz CT molecular complexity index is 1220. The van der Waals surface area contributed by atoms with Crippen LogP contribution in [0, 0.1) is 11.8 Å². The molecule has 0 bridgehead atoms. The zero-order valence-electron chi connectivity index (χ0n) is 18.3. The zero-order chi connectivity index (χ0) is 24.2. The van der Waals surface area contributed by atoms with E-state index in [9.17, 15) is 19.2 Å². The third kappa shape index (κ3) is 3.19. The van der Waals surface area contributed by atoms with Crippen LogP contribution >= 0.6 is 11.6 Å². The summed E-state index contributed by atoms with van der Waals surface area (Å²) < 4.78 is 5.17. The molecule has 1 spiro atoms. The third-order valence-corrected chi connectivity index (χ3v) is 7.31. The SMILES string of the molecule is COc1ccc(CN2C(=O)[C@@H]3[C@@H](C2=O)[C@]2(N[C@@H]3CCC(N)=O)C(=O)Nc3c(Cl)cccc32)cc1. The number of ether oxygens (including phenoxy) is 1. The van der Waals surface area contributed by atoms with Gasteiger partial charge < -0.3 is 15.8 Å². The van der Waals surface area contributed by atoms with Crippen LogP contribution in [-0.2, 0) is 31.3 Å². The van der Waals surface area contributed by atoms with Crippen LogP contribution in [0.25, 0.3) is 0 Å². The number of hydrogen-bond acceptors (Lipinski definition) is 6. The van der Waals surface area contributed by atoms with Crippen molar-refractivity contribution < 1.29 is 23.9 Å². The van der Waals surface area contributed by atoms with E-state index < -0.39 is 41.1 Å². The van der Waals surface area contributed by atoms with Crippen molar-refractivity contribution in [2.75, 3.05) is 12.4 Å². The monoisotopic (exact) mass is 482 g/mol. The maximum absolute atomic E-state index is 13.7. The second-order valence-corrected chi connectivity index (χ2v) is 9.20. The van der Waals surface area contributed by atoms with Gasteiger partial charge in [0.1, 0.15) is 11.3 Å². The van der Waals surface area contributed by atoms with Gasteiger partial charge in [-0.3, -0.25) is 29.4 Å². The molecule has 2 fully saturated rings. The lowest BCUT2D eigenvalue weighted by Crippen LogP contribution is -2.53. The highest BCUT2D eigenvalue weighted by Crippen LogP contribution is 2.54. The van der Waals surface area contributed by atoms with Gasteiger partial charge >= 0.3 is 0 Å². The molecule has 2 aromatic rings. The van der Waals surface area contributed by atoms with Crippen molar-refractivity contribution in [3.63, 3.8) is 0 Å². The van der Waals surface area contributed by atoms with Crippen molar-refractivity contribution in [2.24, 2.45) is 17.6 Å². The standard InChI is InChI=1S/C24H23ClN4O5/c1-34-13-7-5-12(6-8-13)11-29-21(31)18-16(9-10-17(26)30)28-24(19(18)22(29)32)14-3-2-4-15(25)20(14)27-23(24)33/h2-8,16,18-19,28H,9-11H2,1H3,(H2,26,30)(H,27,33)/t16-,18+,19+,24+/m1/s1. The molecule has 9 nitrogen and oxygen atoms in total. The summed E-state index contributed by atoms with van der Waals surface area (Å²) in [5.41, 5.74) is 5.58. The first-order valence-electron chi connectivity index (χ1n) is 10.9. The average molecular weight is 483 g/mol. The van der Waals surface area contributed by atoms with Crippen LogP contribution in [0.5, 0.6) is 5.75 Å². The minimum Gasteiger partial charge on any atom is -0.497 e. The Hall–Kier alpha value is -3.43. The zero-order valence-corrected chi connectivity index (χ0v) is 19.1. The molecule has 0 saturated carbocycles. The quantitative estimate of drug-likeness (QED) is 0.535. The lowest BCUT2D eigenvalue weighted by molar-refractivity contribution is -0.143. The van der Waals surface area contributed by atoms with E-state index in [4.69, 9.17) is 22.1 Å². The molecule has 0 unspecified atom stereocenters. The van der Waals surface area contributed by atoms with Gasteiger partial charge in [0, 0.05) is 18.0 Å². The molecule has 3 aliphatic heterocycles. The van der Waals surface area contributed by atoms with E-state index in [0.29, 0.717) is 22.0 Å². The Kier molecular flexibility index (Phi) is 5.33. The highest BCUT2D eigenvalue weighted by atomic mass is 35.5. The van der Waals surface area contributed by atoms with Crippen LogP contribution in [0.4, 0.5) is 5.69 Å². The fourth-order valence-electron chi connectivity index (χ4n) is 5.47. The number of rotatable bonds is 6. The van der Waals surface area contributed by atoms with E-state index in [1.807, 2.05) is 0 Å². The Morgan fingerprint density at radius 2 is 1.88 bits per heavy atom. The summed E-state index contributed by atoms with van der Waals surface area (Å²) in [5, 5.41) is 6.38. The molecular formula is C24H23ClN4O5. The Balaban J connectivity index is 1.56. The van der Waals surface area contributed by atoms with E-state index >= 15 is 0 Å². The van der Waals surface area contributed by atoms with Gasteiger partial charge in [0.15, 0.2) is 0 Å². The fraction of sp³-hybridized carbons (Fsp3) is 0.333. The maximum atomic E-state index is 13.7. The van der Waals surface area contributed by atoms with Crippen molar-refractivity contribution in [1.82, 2.24) is 10.2 Å². The predicted octanol–water partition coefficient (Wildman–Crippen LogP) is 1.53. The average Bonchev–Trinajstić information content (AvgIpc) is 3.40. The van der Waals surface area contributed by atoms with Gasteiger partial charge in [-0.25, -0.2) is 0 Å². The number of imide groups is 1. The molecule has 2 saturated heterocycles. The first kappa shape index (κ1) is 22.4. The second-order valence-electron chi connectivity index (χ2n) is 8.79. The maximum Gasteiger partial charge on any atom is 0.250 e. The van der Waals surface area contributed by atoms with E-state index in [2.05, 4.69) is 10.6 Å². The molecule has 0 aromatic heterocycles. The highest BCUT2D eigenvalue weighted by molar-refractivity contribution is 6.35. The van der Waals surface area contributed by atoms with Crippen LogP contribution < -0.4 is 21.1 Å². The van der Waals surface area contributed by atoms with E-state index in [1.165, 1.54) is 4.90 Å². The van der Waals surface area contributed by atoms with Crippen LogP contribution in [0.3, 0.4) is 0 Å². The number of carbonyl (C=O) groups excluding carboxylic acids is 4. The van der Waals surface area contributed by atoms with Crippen molar-refractivity contribution in [3.05, 3.63) is 58.6 Å². The fourth-order valence-corrected chi connectivity index (χ4v) is 5.69. The van der Waals surface area contributed by atoms with Gasteiger partial charge in [-0.1, -0.05) is 35.9 Å². The molecule has 4 N–H and O–H groups in total. The molecule has 5 rings (SSSR count). The number of hydrogen-bond donors (Lipinski definition) is 3. The number of carbonyl (C=O) groups is 4. The number of benzene rings is 2. The molecule has 4 amide bonds. The molecule has 0 aliphatic carbocycles. The summed E-state index contributed by atoms with van der Waals surface area (Å²) in [6, 6.07) is 11.5. The lowest BCUT2D eigenvalue weighted by atomic mass is 9.76. The van der Waals surface area contributed by atoms with Gasteiger partial charge in [-0.05, 0) is 30.2 Å². The topological polar surface area (TPSA) is 131 Å². The first-order chi connectivity index (χ1) is 16.3. The highest BCUT2D eigenvalue weighted by Gasteiger charge is 2.70. The molecule has 0 radical (unpaired) electrons. The smallest absolute Gasteiger partial charge is 0.250 e. The summed E-state index contributed by atoms with van der Waals surface area (Å²) in [6.45, 7) is 0.0668.